The van der Waals surface area contributed by atoms with E-state index in [1.165, 1.54) is 0 Å². The van der Waals surface area contributed by atoms with Gasteiger partial charge in [0.25, 0.3) is 0 Å². The van der Waals surface area contributed by atoms with E-state index in [9.17, 15) is 0 Å². The summed E-state index contributed by atoms with van der Waals surface area (Å²) in [5.74, 6) is 0. The van der Waals surface area contributed by atoms with Gasteiger partial charge in [-0.1, -0.05) is 12.1 Å². The number of nitrogen functional groups attached to an aromatic ring is 1. The number of H-pyrrole nitrogens is 2. The lowest BCUT2D eigenvalue weighted by Crippen LogP contribution is -1.87. The zero-order valence-corrected chi connectivity index (χ0v) is 10.8. The fourth-order valence-corrected chi connectivity index (χ4v) is 2.59. The Morgan fingerprint density at radius 2 is 2.18 bits per heavy atom. The zero-order chi connectivity index (χ0) is 12.0. The summed E-state index contributed by atoms with van der Waals surface area (Å²) in [6.07, 6.45) is 1.63. The van der Waals surface area contributed by atoms with Gasteiger partial charge in [-0.25, -0.2) is 0 Å². The summed E-state index contributed by atoms with van der Waals surface area (Å²) in [6, 6.07) is 6.09. The Morgan fingerprint density at radius 3 is 2.88 bits per heavy atom. The number of aryl methyl sites for hydroxylation is 1. The van der Waals surface area contributed by atoms with Crippen molar-refractivity contribution in [3.05, 3.63) is 34.6 Å². The molecule has 0 radical (unpaired) electrons. The van der Waals surface area contributed by atoms with Crippen LogP contribution in [0.2, 0.25) is 0 Å². The zero-order valence-electron chi connectivity index (χ0n) is 9.21. The monoisotopic (exact) mass is 290 g/mol. The number of halogens is 1. The number of anilines is 1. The standard InChI is InChI=1S/C12H11BrN4/c1-6-10(12-9(14)5-15-17-12)7-3-2-4-8(13)11(7)16-6/h2-5,16H,14H2,1H3,(H,15,17). The van der Waals surface area contributed by atoms with E-state index in [1.54, 1.807) is 6.20 Å². The number of nitrogens with zero attached hydrogens (tertiary/aromatic N) is 1. The van der Waals surface area contributed by atoms with E-state index >= 15 is 0 Å². The van der Waals surface area contributed by atoms with Gasteiger partial charge in [0.05, 0.1) is 23.1 Å². The van der Waals surface area contributed by atoms with Crippen LogP contribution in [0.4, 0.5) is 5.69 Å². The lowest BCUT2D eigenvalue weighted by molar-refractivity contribution is 1.09. The number of rotatable bonds is 1. The van der Waals surface area contributed by atoms with E-state index in [0.29, 0.717) is 5.69 Å². The number of aromatic amines is 2. The van der Waals surface area contributed by atoms with E-state index in [4.69, 9.17) is 5.73 Å². The first kappa shape index (κ1) is 10.4. The van der Waals surface area contributed by atoms with Crippen LogP contribution in [0.25, 0.3) is 22.2 Å². The van der Waals surface area contributed by atoms with Gasteiger partial charge in [-0.05, 0) is 28.9 Å². The molecule has 0 spiro atoms. The lowest BCUT2D eigenvalue weighted by atomic mass is 10.1. The summed E-state index contributed by atoms with van der Waals surface area (Å²) in [5.41, 5.74) is 10.7. The van der Waals surface area contributed by atoms with Gasteiger partial charge in [0, 0.05) is 21.1 Å². The molecule has 3 aromatic rings. The van der Waals surface area contributed by atoms with Crippen molar-refractivity contribution in [3.63, 3.8) is 0 Å². The van der Waals surface area contributed by atoms with Crippen molar-refractivity contribution >= 4 is 32.5 Å². The summed E-state index contributed by atoms with van der Waals surface area (Å²) in [4.78, 5) is 3.36. The van der Waals surface area contributed by atoms with Crippen molar-refractivity contribution in [1.29, 1.82) is 0 Å². The molecule has 4 N–H and O–H groups in total. The Balaban J connectivity index is 2.41. The van der Waals surface area contributed by atoms with Gasteiger partial charge >= 0.3 is 0 Å². The van der Waals surface area contributed by atoms with Crippen molar-refractivity contribution < 1.29 is 0 Å². The number of nitrogens with one attached hydrogen (secondary N) is 2. The molecule has 0 aliphatic rings. The molecule has 2 heterocycles. The van der Waals surface area contributed by atoms with Gasteiger partial charge < -0.3 is 10.7 Å². The van der Waals surface area contributed by atoms with Crippen molar-refractivity contribution in [3.8, 4) is 11.3 Å². The number of para-hydroxylation sites is 1. The summed E-state index contributed by atoms with van der Waals surface area (Å²) < 4.78 is 1.04. The van der Waals surface area contributed by atoms with Crippen molar-refractivity contribution in [2.75, 3.05) is 5.73 Å². The van der Waals surface area contributed by atoms with E-state index < -0.39 is 0 Å². The smallest absolute Gasteiger partial charge is 0.0904 e. The second-order valence-electron chi connectivity index (χ2n) is 3.99. The predicted molar refractivity (Wildman–Crippen MR) is 72.7 cm³/mol. The average Bonchev–Trinajstić information content (AvgIpc) is 2.83. The van der Waals surface area contributed by atoms with E-state index in [1.807, 2.05) is 19.1 Å². The van der Waals surface area contributed by atoms with Crippen LogP contribution in [0.5, 0.6) is 0 Å². The van der Waals surface area contributed by atoms with Gasteiger partial charge in [-0.3, -0.25) is 5.10 Å². The lowest BCUT2D eigenvalue weighted by Gasteiger charge is -1.99. The predicted octanol–water partition coefficient (Wildman–Crippen LogP) is 3.21. The molecule has 1 aromatic carbocycles. The summed E-state index contributed by atoms with van der Waals surface area (Å²) in [5, 5.41) is 8.05. The Labute approximate surface area is 106 Å². The number of aromatic nitrogens is 3. The number of hydrogen-bond acceptors (Lipinski definition) is 2. The molecule has 4 nitrogen and oxygen atoms in total. The van der Waals surface area contributed by atoms with Gasteiger partial charge in [-0.15, -0.1) is 0 Å². The average molecular weight is 291 g/mol. The molecule has 0 saturated carbocycles. The largest absolute Gasteiger partial charge is 0.396 e. The second kappa shape index (κ2) is 3.63. The third-order valence-corrected chi connectivity index (χ3v) is 3.55. The molecule has 17 heavy (non-hydrogen) atoms. The fraction of sp³-hybridized carbons (Fsp3) is 0.0833. The minimum absolute atomic E-state index is 0.661. The number of nitrogens with two attached hydrogens (primary N) is 1. The molecular formula is C12H11BrN4. The Kier molecular flexibility index (Phi) is 2.22. The molecule has 5 heteroatoms. The van der Waals surface area contributed by atoms with Gasteiger partial charge in [0.2, 0.25) is 0 Å². The molecule has 0 atom stereocenters. The normalized spacial score (nSPS) is 11.2. The minimum Gasteiger partial charge on any atom is -0.396 e. The first-order valence-electron chi connectivity index (χ1n) is 5.24. The highest BCUT2D eigenvalue weighted by Gasteiger charge is 2.15. The minimum atomic E-state index is 0.661. The molecule has 0 fully saturated rings. The highest BCUT2D eigenvalue weighted by molar-refractivity contribution is 9.10. The SMILES string of the molecule is Cc1[nH]c2c(Br)cccc2c1-c1[nH]ncc1N. The van der Waals surface area contributed by atoms with Crippen molar-refractivity contribution in [2.45, 2.75) is 6.92 Å². The molecule has 2 aromatic heterocycles. The highest BCUT2D eigenvalue weighted by atomic mass is 79.9. The van der Waals surface area contributed by atoms with Gasteiger partial charge in [0.15, 0.2) is 0 Å². The molecular weight excluding hydrogens is 280 g/mol. The molecule has 0 aliphatic carbocycles. The van der Waals surface area contributed by atoms with Crippen LogP contribution < -0.4 is 5.73 Å². The van der Waals surface area contributed by atoms with Crippen LogP contribution in [0.15, 0.2) is 28.9 Å². The second-order valence-corrected chi connectivity index (χ2v) is 4.84. The first-order valence-corrected chi connectivity index (χ1v) is 6.04. The number of benzene rings is 1. The maximum Gasteiger partial charge on any atom is 0.0904 e. The Bertz CT molecular complexity index is 696. The highest BCUT2D eigenvalue weighted by Crippen LogP contribution is 2.36. The van der Waals surface area contributed by atoms with Crippen LogP contribution in [-0.2, 0) is 0 Å². The number of fused-ring (bicyclic) bond motifs is 1. The quantitative estimate of drug-likeness (QED) is 0.644. The summed E-state index contributed by atoms with van der Waals surface area (Å²) in [7, 11) is 0. The fourth-order valence-electron chi connectivity index (χ4n) is 2.13. The van der Waals surface area contributed by atoms with Crippen LogP contribution in [0.1, 0.15) is 5.69 Å². The maximum atomic E-state index is 5.91. The van der Waals surface area contributed by atoms with Crippen LogP contribution in [0, 0.1) is 6.92 Å². The van der Waals surface area contributed by atoms with Crippen LogP contribution in [0.3, 0.4) is 0 Å². The van der Waals surface area contributed by atoms with E-state index in [-0.39, 0.29) is 0 Å². The Morgan fingerprint density at radius 1 is 1.35 bits per heavy atom. The first-order chi connectivity index (χ1) is 8.18. The summed E-state index contributed by atoms with van der Waals surface area (Å²) >= 11 is 3.54. The third kappa shape index (κ3) is 1.46. The maximum absolute atomic E-state index is 5.91. The Hall–Kier alpha value is -1.75. The van der Waals surface area contributed by atoms with Crippen LogP contribution in [-0.4, -0.2) is 15.2 Å². The molecule has 0 saturated heterocycles. The molecule has 3 rings (SSSR count). The van der Waals surface area contributed by atoms with Crippen LogP contribution >= 0.6 is 15.9 Å². The molecule has 0 unspecified atom stereocenters. The molecule has 0 bridgehead atoms. The van der Waals surface area contributed by atoms with Crippen molar-refractivity contribution in [2.24, 2.45) is 0 Å². The molecule has 0 amide bonds. The topological polar surface area (TPSA) is 70.5 Å². The van der Waals surface area contributed by atoms with Gasteiger partial charge in [-0.2, -0.15) is 5.10 Å². The van der Waals surface area contributed by atoms with Gasteiger partial charge in [0.1, 0.15) is 0 Å². The molecule has 0 aliphatic heterocycles. The van der Waals surface area contributed by atoms with Crippen molar-refractivity contribution in [1.82, 2.24) is 15.2 Å². The third-order valence-electron chi connectivity index (χ3n) is 2.89. The van der Waals surface area contributed by atoms with E-state index in [0.717, 1.165) is 32.3 Å². The number of hydrogen-bond donors (Lipinski definition) is 3. The van der Waals surface area contributed by atoms with E-state index in [2.05, 4.69) is 37.2 Å². The molecule has 86 valence electrons. The summed E-state index contributed by atoms with van der Waals surface area (Å²) in [6.45, 7) is 2.03.